The molecular formula is C13H27NO3. The van der Waals surface area contributed by atoms with Gasteiger partial charge in [0.15, 0.2) is 0 Å². The van der Waals surface area contributed by atoms with Crippen molar-refractivity contribution in [2.24, 2.45) is 5.73 Å². The van der Waals surface area contributed by atoms with E-state index in [1.165, 1.54) is 0 Å². The molecule has 4 nitrogen and oxygen atoms in total. The fourth-order valence-corrected chi connectivity index (χ4v) is 2.29. The highest BCUT2D eigenvalue weighted by Crippen LogP contribution is 2.22. The molecule has 1 fully saturated rings. The maximum atomic E-state index is 9.03. The van der Waals surface area contributed by atoms with Crippen LogP contribution in [-0.2, 0) is 9.47 Å². The lowest BCUT2D eigenvalue weighted by Crippen LogP contribution is -2.40. The van der Waals surface area contributed by atoms with Gasteiger partial charge in [0.2, 0.25) is 0 Å². The number of nitrogens with two attached hydrogens (primary N) is 1. The number of ether oxygens (including phenoxy) is 2. The Morgan fingerprint density at radius 3 is 2.47 bits per heavy atom. The van der Waals surface area contributed by atoms with Crippen LogP contribution in [0.1, 0.15) is 46.5 Å². The first-order valence-electron chi connectivity index (χ1n) is 6.60. The van der Waals surface area contributed by atoms with E-state index in [1.54, 1.807) is 0 Å². The van der Waals surface area contributed by atoms with Crippen LogP contribution in [0.15, 0.2) is 0 Å². The van der Waals surface area contributed by atoms with Gasteiger partial charge in [0, 0.05) is 12.1 Å². The molecule has 3 unspecified atom stereocenters. The number of aliphatic hydroxyl groups excluding tert-OH is 1. The van der Waals surface area contributed by atoms with E-state index < -0.39 is 5.54 Å². The van der Waals surface area contributed by atoms with Crippen LogP contribution < -0.4 is 5.73 Å². The molecule has 0 bridgehead atoms. The lowest BCUT2D eigenvalue weighted by molar-refractivity contribution is -0.102. The van der Waals surface area contributed by atoms with Crippen molar-refractivity contribution in [2.75, 3.05) is 13.2 Å². The number of aliphatic hydroxyl groups is 1. The van der Waals surface area contributed by atoms with Gasteiger partial charge in [-0.25, -0.2) is 0 Å². The summed E-state index contributed by atoms with van der Waals surface area (Å²) in [6, 6.07) is 0. The van der Waals surface area contributed by atoms with Gasteiger partial charge in [0.1, 0.15) is 0 Å². The smallest absolute Gasteiger partial charge is 0.0624 e. The predicted octanol–water partition coefficient (Wildman–Crippen LogP) is 1.45. The minimum atomic E-state index is -0.473. The van der Waals surface area contributed by atoms with Gasteiger partial charge < -0.3 is 20.3 Å². The van der Waals surface area contributed by atoms with Crippen LogP contribution in [0.5, 0.6) is 0 Å². The fraction of sp³-hybridized carbons (Fsp3) is 1.00. The van der Waals surface area contributed by atoms with Crippen molar-refractivity contribution < 1.29 is 14.6 Å². The van der Waals surface area contributed by atoms with E-state index in [0.717, 1.165) is 32.3 Å². The van der Waals surface area contributed by atoms with Gasteiger partial charge >= 0.3 is 0 Å². The van der Waals surface area contributed by atoms with Crippen molar-refractivity contribution in [3.63, 3.8) is 0 Å². The van der Waals surface area contributed by atoms with Gasteiger partial charge in [-0.1, -0.05) is 0 Å². The largest absolute Gasteiger partial charge is 0.394 e. The molecule has 0 saturated carbocycles. The summed E-state index contributed by atoms with van der Waals surface area (Å²) in [5, 5.41) is 9.03. The molecule has 1 heterocycles. The highest BCUT2D eigenvalue weighted by molar-refractivity contribution is 4.77. The molecule has 0 aromatic heterocycles. The molecule has 1 aliphatic heterocycles. The third kappa shape index (κ3) is 5.82. The summed E-state index contributed by atoms with van der Waals surface area (Å²) in [6.45, 7) is 6.80. The zero-order valence-corrected chi connectivity index (χ0v) is 11.3. The lowest BCUT2D eigenvalue weighted by atomic mass is 9.98. The topological polar surface area (TPSA) is 64.7 Å². The van der Waals surface area contributed by atoms with Crippen LogP contribution in [0, 0.1) is 0 Å². The van der Waals surface area contributed by atoms with Crippen molar-refractivity contribution in [2.45, 2.75) is 70.3 Å². The van der Waals surface area contributed by atoms with E-state index >= 15 is 0 Å². The average Bonchev–Trinajstić information content (AvgIpc) is 2.23. The second-order valence-electron chi connectivity index (χ2n) is 5.64. The first-order chi connectivity index (χ1) is 7.93. The molecule has 4 heteroatoms. The first kappa shape index (κ1) is 14.9. The minimum Gasteiger partial charge on any atom is -0.394 e. The summed E-state index contributed by atoms with van der Waals surface area (Å²) in [4.78, 5) is 0. The van der Waals surface area contributed by atoms with Crippen molar-refractivity contribution in [1.82, 2.24) is 0 Å². The van der Waals surface area contributed by atoms with Gasteiger partial charge in [-0.15, -0.1) is 0 Å². The van der Waals surface area contributed by atoms with E-state index in [2.05, 4.69) is 13.8 Å². The van der Waals surface area contributed by atoms with Crippen molar-refractivity contribution in [1.29, 1.82) is 0 Å². The molecule has 1 aliphatic rings. The molecule has 0 radical (unpaired) electrons. The molecule has 0 spiro atoms. The maximum absolute atomic E-state index is 9.03. The fourth-order valence-electron chi connectivity index (χ4n) is 2.29. The maximum Gasteiger partial charge on any atom is 0.0624 e. The quantitative estimate of drug-likeness (QED) is 0.695. The predicted molar refractivity (Wildman–Crippen MR) is 67.9 cm³/mol. The Bertz CT molecular complexity index is 211. The Morgan fingerprint density at radius 1 is 1.35 bits per heavy atom. The van der Waals surface area contributed by atoms with Crippen molar-refractivity contribution >= 4 is 0 Å². The molecule has 0 aliphatic carbocycles. The molecule has 0 aromatic rings. The van der Waals surface area contributed by atoms with Crippen LogP contribution in [0.4, 0.5) is 0 Å². The third-order valence-electron chi connectivity index (χ3n) is 3.26. The summed E-state index contributed by atoms with van der Waals surface area (Å²) < 4.78 is 11.5. The molecule has 17 heavy (non-hydrogen) atoms. The van der Waals surface area contributed by atoms with Crippen LogP contribution in [0.3, 0.4) is 0 Å². The highest BCUT2D eigenvalue weighted by atomic mass is 16.5. The number of hydrogen-bond donors (Lipinski definition) is 2. The van der Waals surface area contributed by atoms with Gasteiger partial charge in [-0.2, -0.15) is 0 Å². The van der Waals surface area contributed by atoms with E-state index in [9.17, 15) is 0 Å². The SMILES string of the molecule is CC1CC(OCCCC(C)(N)CO)CC(C)O1. The Balaban J connectivity index is 2.14. The Labute approximate surface area is 104 Å². The molecular weight excluding hydrogens is 218 g/mol. The van der Waals surface area contributed by atoms with Gasteiger partial charge in [0.05, 0.1) is 24.9 Å². The molecule has 1 saturated heterocycles. The van der Waals surface area contributed by atoms with Crippen molar-refractivity contribution in [3.8, 4) is 0 Å². The zero-order valence-electron chi connectivity index (χ0n) is 11.3. The Kier molecular flexibility index (Phi) is 5.86. The molecule has 3 N–H and O–H groups in total. The number of hydrogen-bond acceptors (Lipinski definition) is 4. The normalized spacial score (nSPS) is 33.4. The third-order valence-corrected chi connectivity index (χ3v) is 3.26. The summed E-state index contributed by atoms with van der Waals surface area (Å²) in [5.74, 6) is 0. The van der Waals surface area contributed by atoms with Gasteiger partial charge in [0.25, 0.3) is 0 Å². The lowest BCUT2D eigenvalue weighted by Gasteiger charge is -2.32. The molecule has 1 rings (SSSR count). The second-order valence-corrected chi connectivity index (χ2v) is 5.64. The zero-order chi connectivity index (χ0) is 12.9. The second kappa shape index (κ2) is 6.69. The number of rotatable bonds is 6. The van der Waals surface area contributed by atoms with E-state index in [4.69, 9.17) is 20.3 Å². The Morgan fingerprint density at radius 2 is 1.94 bits per heavy atom. The standard InChI is InChI=1S/C13H27NO3/c1-10-7-12(8-11(2)17-10)16-6-4-5-13(3,14)9-15/h10-12,15H,4-9,14H2,1-3H3. The van der Waals surface area contributed by atoms with Crippen LogP contribution >= 0.6 is 0 Å². The van der Waals surface area contributed by atoms with Crippen LogP contribution in [0.25, 0.3) is 0 Å². The van der Waals surface area contributed by atoms with Gasteiger partial charge in [-0.05, 0) is 46.5 Å². The first-order valence-corrected chi connectivity index (χ1v) is 6.60. The molecule has 0 amide bonds. The minimum absolute atomic E-state index is 0.0261. The summed E-state index contributed by atoms with van der Waals surface area (Å²) in [6.07, 6.45) is 4.54. The summed E-state index contributed by atoms with van der Waals surface area (Å²) in [7, 11) is 0. The van der Waals surface area contributed by atoms with Crippen LogP contribution in [0.2, 0.25) is 0 Å². The van der Waals surface area contributed by atoms with Gasteiger partial charge in [-0.3, -0.25) is 0 Å². The molecule has 0 aromatic carbocycles. The molecule has 102 valence electrons. The summed E-state index contributed by atoms with van der Waals surface area (Å²) >= 11 is 0. The van der Waals surface area contributed by atoms with E-state index in [1.807, 2.05) is 6.92 Å². The average molecular weight is 245 g/mol. The van der Waals surface area contributed by atoms with E-state index in [0.29, 0.717) is 18.3 Å². The Hall–Kier alpha value is -0.160. The van der Waals surface area contributed by atoms with E-state index in [-0.39, 0.29) is 6.61 Å². The monoisotopic (exact) mass is 245 g/mol. The molecule has 3 atom stereocenters. The highest BCUT2D eigenvalue weighted by Gasteiger charge is 2.25. The van der Waals surface area contributed by atoms with Crippen molar-refractivity contribution in [3.05, 3.63) is 0 Å². The van der Waals surface area contributed by atoms with Crippen LogP contribution in [-0.4, -0.2) is 42.2 Å². The summed E-state index contributed by atoms with van der Waals surface area (Å²) in [5.41, 5.74) is 5.38.